The van der Waals surface area contributed by atoms with Crippen molar-refractivity contribution in [3.8, 4) is 0 Å². The molecule has 1 N–H and O–H groups in total. The van der Waals surface area contributed by atoms with Gasteiger partial charge in [-0.2, -0.15) is 14.2 Å². The molecule has 0 radical (unpaired) electrons. The second-order valence-electron chi connectivity index (χ2n) is 5.93. The van der Waals surface area contributed by atoms with E-state index in [1.165, 1.54) is 18.9 Å². The zero-order valence-corrected chi connectivity index (χ0v) is 12.8. The average Bonchev–Trinajstić information content (AvgIpc) is 2.48. The van der Waals surface area contributed by atoms with Crippen molar-refractivity contribution in [2.45, 2.75) is 45.1 Å². The fraction of sp³-hybridized carbons (Fsp3) is 0.600. The second kappa shape index (κ2) is 6.68. The Bertz CT molecular complexity index is 582. The number of piperidine rings is 1. The van der Waals surface area contributed by atoms with Gasteiger partial charge in [0.25, 0.3) is 0 Å². The summed E-state index contributed by atoms with van der Waals surface area (Å²) in [5.74, 6) is -9.12. The molecular weight excluding hydrogens is 322 g/mol. The van der Waals surface area contributed by atoms with Gasteiger partial charge in [0.1, 0.15) is 0 Å². The molecule has 0 unspecified atom stereocenters. The van der Waals surface area contributed by atoms with Crippen molar-refractivity contribution in [1.29, 1.82) is 0 Å². The number of nitrogens with zero attached hydrogens (tertiary/aromatic N) is 1. The van der Waals surface area contributed by atoms with E-state index in [4.69, 9.17) is 0 Å². The topological polar surface area (TPSA) is 15.3 Å². The Morgan fingerprint density at radius 1 is 0.870 bits per heavy atom. The van der Waals surface area contributed by atoms with E-state index in [9.17, 15) is 26.3 Å². The summed E-state index contributed by atoms with van der Waals surface area (Å²) < 4.78 is 83.6. The van der Waals surface area contributed by atoms with Gasteiger partial charge in [0.2, 0.25) is 0 Å². The predicted molar refractivity (Wildman–Crippen MR) is 72.8 cm³/mol. The van der Waals surface area contributed by atoms with Gasteiger partial charge in [-0.1, -0.05) is 20.3 Å². The third-order valence-corrected chi connectivity index (χ3v) is 3.85. The molecule has 1 aliphatic heterocycles. The molecule has 0 aliphatic carbocycles. The number of hydrogen-bond donors (Lipinski definition) is 1. The van der Waals surface area contributed by atoms with Gasteiger partial charge in [-0.25, -0.2) is 22.6 Å². The molecule has 8 heteroatoms. The molecule has 2 rings (SSSR count). The van der Waals surface area contributed by atoms with Gasteiger partial charge >= 0.3 is 6.05 Å². The van der Waals surface area contributed by atoms with Crippen molar-refractivity contribution < 1.29 is 26.3 Å². The summed E-state index contributed by atoms with van der Waals surface area (Å²) >= 11 is 0. The molecule has 0 saturated carbocycles. The Labute approximate surface area is 130 Å². The minimum atomic E-state index is -4.06. The van der Waals surface area contributed by atoms with Crippen LogP contribution in [0.5, 0.6) is 0 Å². The van der Waals surface area contributed by atoms with Crippen LogP contribution in [0, 0.1) is 23.3 Å². The maximum Gasteiger partial charge on any atom is 0.344 e. The van der Waals surface area contributed by atoms with Gasteiger partial charge in [-0.15, -0.1) is 0 Å². The van der Waals surface area contributed by atoms with E-state index in [1.54, 1.807) is 0 Å². The first-order chi connectivity index (χ1) is 10.7. The monoisotopic (exact) mass is 340 g/mol. The Hall–Kier alpha value is -1.28. The summed E-state index contributed by atoms with van der Waals surface area (Å²) in [6.45, 7) is 3.21. The van der Waals surface area contributed by atoms with Crippen LogP contribution in [0.4, 0.5) is 26.3 Å². The van der Waals surface area contributed by atoms with Gasteiger partial charge < -0.3 is 0 Å². The number of benzene rings is 1. The zero-order valence-electron chi connectivity index (χ0n) is 12.8. The van der Waals surface area contributed by atoms with E-state index >= 15 is 0 Å². The van der Waals surface area contributed by atoms with Crippen LogP contribution in [0.2, 0.25) is 0 Å². The molecule has 0 bridgehead atoms. The van der Waals surface area contributed by atoms with E-state index in [-0.39, 0.29) is 0 Å². The average molecular weight is 340 g/mol. The number of alkyl halides is 2. The van der Waals surface area contributed by atoms with Crippen LogP contribution >= 0.6 is 0 Å². The second-order valence-corrected chi connectivity index (χ2v) is 5.93. The van der Waals surface area contributed by atoms with Crippen molar-refractivity contribution >= 4 is 0 Å². The molecule has 0 spiro atoms. The smallest absolute Gasteiger partial charge is 0.239 e. The van der Waals surface area contributed by atoms with Crippen LogP contribution in [0.15, 0.2) is 0 Å². The summed E-state index contributed by atoms with van der Waals surface area (Å²) in [7, 11) is 0. The third kappa shape index (κ3) is 3.47. The maximum absolute atomic E-state index is 14.5. The van der Waals surface area contributed by atoms with Crippen LogP contribution in [0.25, 0.3) is 0 Å². The van der Waals surface area contributed by atoms with Crippen LogP contribution in [0.1, 0.15) is 50.2 Å². The van der Waals surface area contributed by atoms with Crippen molar-refractivity contribution in [3.63, 3.8) is 0 Å². The highest BCUT2D eigenvalue weighted by Gasteiger charge is 2.43. The Morgan fingerprint density at radius 3 is 1.91 bits per heavy atom. The van der Waals surface area contributed by atoms with Crippen molar-refractivity contribution in [3.05, 3.63) is 34.4 Å². The number of halogens is 6. The molecule has 1 saturated heterocycles. The maximum atomic E-state index is 14.5. The fourth-order valence-electron chi connectivity index (χ4n) is 2.76. The van der Waals surface area contributed by atoms with Gasteiger partial charge in [0.05, 0.1) is 5.56 Å². The van der Waals surface area contributed by atoms with Gasteiger partial charge in [0.15, 0.2) is 23.3 Å². The van der Waals surface area contributed by atoms with Gasteiger partial charge in [-0.3, -0.25) is 0 Å². The Morgan fingerprint density at radius 2 is 1.39 bits per heavy atom. The number of hydrogen-bond acceptors (Lipinski definition) is 2. The first-order valence-electron chi connectivity index (χ1n) is 7.43. The van der Waals surface area contributed by atoms with E-state index in [0.29, 0.717) is 25.9 Å². The minimum absolute atomic E-state index is 0.306. The summed E-state index contributed by atoms with van der Waals surface area (Å²) in [6.07, 6.45) is 2.23. The van der Waals surface area contributed by atoms with Crippen molar-refractivity contribution in [1.82, 2.24) is 10.4 Å². The molecule has 1 aliphatic rings. The quantitative estimate of drug-likeness (QED) is 0.378. The van der Waals surface area contributed by atoms with E-state index < -0.39 is 46.4 Å². The van der Waals surface area contributed by atoms with Crippen molar-refractivity contribution in [2.75, 3.05) is 13.1 Å². The molecule has 1 heterocycles. The SMILES string of the molecule is CC(C)c1c(F)c(F)c(F)c(F)c1C(F)(F)NN1CCCCC1. The highest BCUT2D eigenvalue weighted by atomic mass is 19.3. The first kappa shape index (κ1) is 18.1. The lowest BCUT2D eigenvalue weighted by atomic mass is 9.94. The highest BCUT2D eigenvalue weighted by molar-refractivity contribution is 5.37. The molecule has 130 valence electrons. The molecule has 0 aromatic heterocycles. The lowest BCUT2D eigenvalue weighted by Crippen LogP contribution is -2.50. The van der Waals surface area contributed by atoms with E-state index in [1.807, 2.05) is 5.43 Å². The van der Waals surface area contributed by atoms with Gasteiger partial charge in [0, 0.05) is 18.7 Å². The first-order valence-corrected chi connectivity index (χ1v) is 7.43. The third-order valence-electron chi connectivity index (χ3n) is 3.85. The molecule has 1 aromatic carbocycles. The van der Waals surface area contributed by atoms with Crippen LogP contribution in [-0.2, 0) is 6.05 Å². The molecule has 1 aromatic rings. The molecule has 0 atom stereocenters. The summed E-state index contributed by atoms with van der Waals surface area (Å²) in [6, 6.07) is -4.06. The van der Waals surface area contributed by atoms with Crippen LogP contribution in [0.3, 0.4) is 0 Å². The predicted octanol–water partition coefficient (Wildman–Crippen LogP) is 4.41. The number of rotatable bonds is 4. The normalized spacial score (nSPS) is 17.1. The number of nitrogens with one attached hydrogen (secondary N) is 1. The van der Waals surface area contributed by atoms with Crippen LogP contribution in [-0.4, -0.2) is 18.1 Å². The lowest BCUT2D eigenvalue weighted by Gasteiger charge is -2.33. The fourth-order valence-corrected chi connectivity index (χ4v) is 2.76. The molecule has 1 fully saturated rings. The molecule has 2 nitrogen and oxygen atoms in total. The standard InChI is InChI=1S/C15H18F6N2/c1-8(2)9-10(12(17)14(19)13(18)11(9)16)15(20,21)22-23-6-4-3-5-7-23/h8,22H,3-7H2,1-2H3. The van der Waals surface area contributed by atoms with Crippen molar-refractivity contribution in [2.24, 2.45) is 0 Å². The lowest BCUT2D eigenvalue weighted by molar-refractivity contribution is -0.112. The zero-order chi connectivity index (χ0) is 17.4. The summed E-state index contributed by atoms with van der Waals surface area (Å²) in [5, 5.41) is 1.19. The molecule has 0 amide bonds. The highest BCUT2D eigenvalue weighted by Crippen LogP contribution is 2.38. The minimum Gasteiger partial charge on any atom is -0.239 e. The Kier molecular flexibility index (Phi) is 5.25. The number of hydrazine groups is 1. The Balaban J connectivity index is 2.51. The van der Waals surface area contributed by atoms with E-state index in [0.717, 1.165) is 6.42 Å². The largest absolute Gasteiger partial charge is 0.344 e. The summed E-state index contributed by atoms with van der Waals surface area (Å²) in [4.78, 5) is 0. The van der Waals surface area contributed by atoms with Crippen LogP contribution < -0.4 is 5.43 Å². The van der Waals surface area contributed by atoms with E-state index in [2.05, 4.69) is 0 Å². The molecular formula is C15H18F6N2. The molecule has 23 heavy (non-hydrogen) atoms. The van der Waals surface area contributed by atoms with Gasteiger partial charge in [-0.05, 0) is 18.8 Å². The summed E-state index contributed by atoms with van der Waals surface area (Å²) in [5.41, 5.74) is -0.517.